The van der Waals surface area contributed by atoms with Crippen LogP contribution in [0.5, 0.6) is 0 Å². The van der Waals surface area contributed by atoms with Crippen molar-refractivity contribution in [3.05, 3.63) is 51.8 Å². The molecule has 1 heterocycles. The average molecular weight is 294 g/mol. The Balaban J connectivity index is 2.20. The molecule has 1 aromatic heterocycles. The van der Waals surface area contributed by atoms with Crippen molar-refractivity contribution in [3.8, 4) is 0 Å². The Labute approximate surface area is 110 Å². The van der Waals surface area contributed by atoms with Crippen molar-refractivity contribution >= 4 is 15.9 Å². The molecule has 4 heteroatoms. The SMILES string of the molecule is Cc1cc(C(N)Cc2ccccc2Br)n(C)n1. The maximum absolute atomic E-state index is 6.23. The molecule has 1 unspecified atom stereocenters. The van der Waals surface area contributed by atoms with Gasteiger partial charge in [-0.2, -0.15) is 5.10 Å². The second-order valence-electron chi connectivity index (χ2n) is 4.24. The number of aryl methyl sites for hydroxylation is 2. The van der Waals surface area contributed by atoms with Gasteiger partial charge in [-0.1, -0.05) is 34.1 Å². The lowest BCUT2D eigenvalue weighted by Gasteiger charge is -2.13. The van der Waals surface area contributed by atoms with Crippen LogP contribution < -0.4 is 5.73 Å². The van der Waals surface area contributed by atoms with Gasteiger partial charge in [-0.3, -0.25) is 4.68 Å². The number of hydrogen-bond acceptors (Lipinski definition) is 2. The van der Waals surface area contributed by atoms with Crippen molar-refractivity contribution in [1.82, 2.24) is 9.78 Å². The van der Waals surface area contributed by atoms with E-state index in [1.54, 1.807) is 0 Å². The lowest BCUT2D eigenvalue weighted by molar-refractivity contribution is 0.614. The van der Waals surface area contributed by atoms with Crippen LogP contribution in [0.2, 0.25) is 0 Å². The quantitative estimate of drug-likeness (QED) is 0.946. The third-order valence-corrected chi connectivity index (χ3v) is 3.59. The molecule has 0 fully saturated rings. The molecule has 2 rings (SSSR count). The van der Waals surface area contributed by atoms with Crippen molar-refractivity contribution < 1.29 is 0 Å². The fourth-order valence-corrected chi connectivity index (χ4v) is 2.43. The Morgan fingerprint density at radius 2 is 2.12 bits per heavy atom. The Morgan fingerprint density at radius 3 is 2.71 bits per heavy atom. The molecule has 1 aromatic carbocycles. The Kier molecular flexibility index (Phi) is 3.64. The summed E-state index contributed by atoms with van der Waals surface area (Å²) in [5, 5.41) is 4.32. The molecule has 0 bridgehead atoms. The molecule has 0 aliphatic heterocycles. The molecule has 17 heavy (non-hydrogen) atoms. The third-order valence-electron chi connectivity index (χ3n) is 2.82. The normalized spacial score (nSPS) is 12.7. The molecule has 0 radical (unpaired) electrons. The zero-order valence-electron chi connectivity index (χ0n) is 10.0. The summed E-state index contributed by atoms with van der Waals surface area (Å²) in [5.41, 5.74) is 9.52. The Hall–Kier alpha value is -1.13. The summed E-state index contributed by atoms with van der Waals surface area (Å²) in [6, 6.07) is 10.2. The Morgan fingerprint density at radius 1 is 1.41 bits per heavy atom. The van der Waals surface area contributed by atoms with Gasteiger partial charge in [0.05, 0.1) is 17.4 Å². The van der Waals surface area contributed by atoms with E-state index in [1.807, 2.05) is 42.9 Å². The first-order chi connectivity index (χ1) is 8.08. The monoisotopic (exact) mass is 293 g/mol. The predicted octanol–water partition coefficient (Wildman–Crippen LogP) is 2.73. The summed E-state index contributed by atoms with van der Waals surface area (Å²) in [6.45, 7) is 1.98. The zero-order chi connectivity index (χ0) is 12.4. The second kappa shape index (κ2) is 5.02. The highest BCUT2D eigenvalue weighted by atomic mass is 79.9. The van der Waals surface area contributed by atoms with Gasteiger partial charge in [-0.25, -0.2) is 0 Å². The summed E-state index contributed by atoms with van der Waals surface area (Å²) in [6.07, 6.45) is 0.806. The number of hydrogen-bond donors (Lipinski definition) is 1. The van der Waals surface area contributed by atoms with Crippen molar-refractivity contribution in [2.45, 2.75) is 19.4 Å². The van der Waals surface area contributed by atoms with Crippen molar-refractivity contribution in [1.29, 1.82) is 0 Å². The minimum Gasteiger partial charge on any atom is -0.322 e. The maximum atomic E-state index is 6.23. The smallest absolute Gasteiger partial charge is 0.0597 e. The first kappa shape index (κ1) is 12.3. The molecule has 2 aromatic rings. The molecule has 1 atom stereocenters. The number of nitrogens with zero attached hydrogens (tertiary/aromatic N) is 2. The van der Waals surface area contributed by atoms with Crippen LogP contribution >= 0.6 is 15.9 Å². The van der Waals surface area contributed by atoms with E-state index in [1.165, 1.54) is 5.56 Å². The van der Waals surface area contributed by atoms with E-state index in [9.17, 15) is 0 Å². The molecule has 0 saturated carbocycles. The van der Waals surface area contributed by atoms with Gasteiger partial charge in [-0.15, -0.1) is 0 Å². The summed E-state index contributed by atoms with van der Waals surface area (Å²) in [5.74, 6) is 0. The molecule has 3 nitrogen and oxygen atoms in total. The minimum atomic E-state index is -0.0279. The van der Waals surface area contributed by atoms with Gasteiger partial charge in [0.15, 0.2) is 0 Å². The third kappa shape index (κ3) is 2.76. The van der Waals surface area contributed by atoms with Gasteiger partial charge in [0.1, 0.15) is 0 Å². The number of halogens is 1. The van der Waals surface area contributed by atoms with E-state index in [2.05, 4.69) is 27.1 Å². The van der Waals surface area contributed by atoms with Gasteiger partial charge in [0.2, 0.25) is 0 Å². The number of aromatic nitrogens is 2. The van der Waals surface area contributed by atoms with Crippen LogP contribution in [0, 0.1) is 6.92 Å². The second-order valence-corrected chi connectivity index (χ2v) is 5.09. The fourth-order valence-electron chi connectivity index (χ4n) is 1.98. The van der Waals surface area contributed by atoms with Gasteiger partial charge in [0, 0.05) is 11.5 Å². The molecule has 0 aliphatic rings. The van der Waals surface area contributed by atoms with Gasteiger partial charge >= 0.3 is 0 Å². The minimum absolute atomic E-state index is 0.0279. The maximum Gasteiger partial charge on any atom is 0.0597 e. The predicted molar refractivity (Wildman–Crippen MR) is 72.7 cm³/mol. The van der Waals surface area contributed by atoms with Crippen LogP contribution in [-0.2, 0) is 13.5 Å². The van der Waals surface area contributed by atoms with Crippen molar-refractivity contribution in [2.24, 2.45) is 12.8 Å². The van der Waals surface area contributed by atoms with Crippen LogP contribution in [0.1, 0.15) is 23.0 Å². The summed E-state index contributed by atoms with van der Waals surface area (Å²) in [7, 11) is 1.93. The topological polar surface area (TPSA) is 43.8 Å². The van der Waals surface area contributed by atoms with E-state index < -0.39 is 0 Å². The molecular formula is C13H16BrN3. The Bertz CT molecular complexity index is 519. The van der Waals surface area contributed by atoms with Crippen LogP contribution in [-0.4, -0.2) is 9.78 Å². The van der Waals surface area contributed by atoms with E-state index in [0.29, 0.717) is 0 Å². The van der Waals surface area contributed by atoms with Gasteiger partial charge < -0.3 is 5.73 Å². The molecule has 0 amide bonds. The highest BCUT2D eigenvalue weighted by Gasteiger charge is 2.13. The van der Waals surface area contributed by atoms with Crippen molar-refractivity contribution in [3.63, 3.8) is 0 Å². The molecule has 0 saturated heterocycles. The average Bonchev–Trinajstić information content (AvgIpc) is 2.61. The lowest BCUT2D eigenvalue weighted by atomic mass is 10.0. The van der Waals surface area contributed by atoms with Gasteiger partial charge in [0.25, 0.3) is 0 Å². The fraction of sp³-hybridized carbons (Fsp3) is 0.308. The highest BCUT2D eigenvalue weighted by molar-refractivity contribution is 9.10. The molecule has 2 N–H and O–H groups in total. The van der Waals surface area contributed by atoms with E-state index in [4.69, 9.17) is 5.73 Å². The van der Waals surface area contributed by atoms with Gasteiger partial charge in [-0.05, 0) is 31.0 Å². The largest absolute Gasteiger partial charge is 0.322 e. The first-order valence-corrected chi connectivity index (χ1v) is 6.36. The molecular weight excluding hydrogens is 278 g/mol. The highest BCUT2D eigenvalue weighted by Crippen LogP contribution is 2.22. The first-order valence-electron chi connectivity index (χ1n) is 5.57. The molecule has 0 spiro atoms. The van der Waals surface area contributed by atoms with Crippen LogP contribution in [0.4, 0.5) is 0 Å². The van der Waals surface area contributed by atoms with Crippen molar-refractivity contribution in [2.75, 3.05) is 0 Å². The standard InChI is InChI=1S/C13H16BrN3/c1-9-7-13(17(2)16-9)12(15)8-10-5-3-4-6-11(10)14/h3-7,12H,8,15H2,1-2H3. The number of benzene rings is 1. The molecule has 0 aliphatic carbocycles. The van der Waals surface area contributed by atoms with Crippen LogP contribution in [0.25, 0.3) is 0 Å². The lowest BCUT2D eigenvalue weighted by Crippen LogP contribution is -2.17. The van der Waals surface area contributed by atoms with Crippen LogP contribution in [0.15, 0.2) is 34.8 Å². The van der Waals surface area contributed by atoms with E-state index in [0.717, 1.165) is 22.3 Å². The zero-order valence-corrected chi connectivity index (χ0v) is 11.6. The molecule has 90 valence electrons. The van der Waals surface area contributed by atoms with Crippen LogP contribution in [0.3, 0.4) is 0 Å². The number of nitrogens with two attached hydrogens (primary N) is 1. The summed E-state index contributed by atoms with van der Waals surface area (Å²) >= 11 is 3.54. The number of rotatable bonds is 3. The summed E-state index contributed by atoms with van der Waals surface area (Å²) < 4.78 is 2.96. The van der Waals surface area contributed by atoms with E-state index >= 15 is 0 Å². The van der Waals surface area contributed by atoms with E-state index in [-0.39, 0.29) is 6.04 Å². The summed E-state index contributed by atoms with van der Waals surface area (Å²) in [4.78, 5) is 0.